The number of esters is 2. The van der Waals surface area contributed by atoms with E-state index in [-0.39, 0.29) is 17.9 Å². The van der Waals surface area contributed by atoms with Crippen molar-refractivity contribution in [1.29, 1.82) is 0 Å². The van der Waals surface area contributed by atoms with E-state index in [4.69, 9.17) is 9.47 Å². The molecule has 0 aliphatic heterocycles. The number of carbonyl (C=O) groups is 2. The summed E-state index contributed by atoms with van der Waals surface area (Å²) in [6.07, 6.45) is 5.77. The first-order valence-corrected chi connectivity index (χ1v) is 6.99. The first-order valence-electron chi connectivity index (χ1n) is 6.99. The van der Waals surface area contributed by atoms with Crippen LogP contribution in [0.2, 0.25) is 0 Å². The molecule has 1 aliphatic carbocycles. The summed E-state index contributed by atoms with van der Waals surface area (Å²) in [5, 5.41) is 0. The van der Waals surface area contributed by atoms with Crippen molar-refractivity contribution in [2.24, 2.45) is 17.8 Å². The van der Waals surface area contributed by atoms with Gasteiger partial charge in [-0.05, 0) is 31.8 Å². The van der Waals surface area contributed by atoms with Crippen LogP contribution >= 0.6 is 0 Å². The summed E-state index contributed by atoms with van der Waals surface area (Å²) in [5.74, 6) is -1.77. The predicted molar refractivity (Wildman–Crippen MR) is 76.9 cm³/mol. The Hall–Kier alpha value is -1.58. The Morgan fingerprint density at radius 1 is 1.15 bits per heavy atom. The van der Waals surface area contributed by atoms with Gasteiger partial charge in [0.1, 0.15) is 0 Å². The van der Waals surface area contributed by atoms with E-state index in [1.807, 2.05) is 26.0 Å². The van der Waals surface area contributed by atoms with Gasteiger partial charge in [0.05, 0.1) is 26.1 Å². The van der Waals surface area contributed by atoms with E-state index >= 15 is 0 Å². The molecule has 0 N–H and O–H groups in total. The molecule has 112 valence electrons. The fraction of sp³-hybridized carbons (Fsp3) is 0.625. The quantitative estimate of drug-likeness (QED) is 0.743. The Bertz CT molecular complexity index is 430. The van der Waals surface area contributed by atoms with Crippen molar-refractivity contribution in [3.05, 3.63) is 23.3 Å². The van der Waals surface area contributed by atoms with Gasteiger partial charge in [0, 0.05) is 0 Å². The molecular weight excluding hydrogens is 256 g/mol. The maximum Gasteiger partial charge on any atom is 0.314 e. The Kier molecular flexibility index (Phi) is 5.99. The molecule has 1 aliphatic rings. The normalized spacial score (nSPS) is 25.2. The molecule has 0 aromatic rings. The summed E-state index contributed by atoms with van der Waals surface area (Å²) in [7, 11) is 2.71. The number of methoxy groups -OCH3 is 2. The van der Waals surface area contributed by atoms with E-state index in [2.05, 4.69) is 6.92 Å². The van der Waals surface area contributed by atoms with Gasteiger partial charge in [-0.1, -0.05) is 31.1 Å². The Morgan fingerprint density at radius 2 is 1.75 bits per heavy atom. The molecule has 1 rings (SSSR count). The summed E-state index contributed by atoms with van der Waals surface area (Å²) in [6, 6.07) is 0. The van der Waals surface area contributed by atoms with Crippen LogP contribution in [-0.4, -0.2) is 26.2 Å². The monoisotopic (exact) mass is 280 g/mol. The molecule has 4 heteroatoms. The van der Waals surface area contributed by atoms with Gasteiger partial charge in [0.2, 0.25) is 0 Å². The van der Waals surface area contributed by atoms with Crippen LogP contribution in [0.3, 0.4) is 0 Å². The lowest BCUT2D eigenvalue weighted by atomic mass is 9.70. The second-order valence-electron chi connectivity index (χ2n) is 5.32. The van der Waals surface area contributed by atoms with Crippen molar-refractivity contribution in [2.75, 3.05) is 14.2 Å². The van der Waals surface area contributed by atoms with E-state index in [1.54, 1.807) is 0 Å². The van der Waals surface area contributed by atoms with E-state index < -0.39 is 11.8 Å². The SMILES string of the molecule is CCC[C@@H]1C=CC(=C(C)C)[C@H](C(=O)OC)[C@@H]1C(=O)OC. The third-order valence-electron chi connectivity index (χ3n) is 3.81. The van der Waals surface area contributed by atoms with Gasteiger partial charge in [-0.3, -0.25) is 9.59 Å². The van der Waals surface area contributed by atoms with Gasteiger partial charge < -0.3 is 9.47 Å². The van der Waals surface area contributed by atoms with Crippen LogP contribution in [0.15, 0.2) is 23.3 Å². The third kappa shape index (κ3) is 3.30. The van der Waals surface area contributed by atoms with Gasteiger partial charge in [0.25, 0.3) is 0 Å². The highest BCUT2D eigenvalue weighted by Gasteiger charge is 2.43. The minimum Gasteiger partial charge on any atom is -0.469 e. The summed E-state index contributed by atoms with van der Waals surface area (Å²) in [4.78, 5) is 24.3. The minimum absolute atomic E-state index is 0.0136. The molecule has 0 aromatic carbocycles. The van der Waals surface area contributed by atoms with Crippen molar-refractivity contribution in [3.63, 3.8) is 0 Å². The number of ether oxygens (including phenoxy) is 2. The zero-order chi connectivity index (χ0) is 15.3. The lowest BCUT2D eigenvalue weighted by Gasteiger charge is -2.33. The van der Waals surface area contributed by atoms with Crippen molar-refractivity contribution in [1.82, 2.24) is 0 Å². The molecule has 0 saturated heterocycles. The van der Waals surface area contributed by atoms with Crippen molar-refractivity contribution in [2.45, 2.75) is 33.6 Å². The zero-order valence-electron chi connectivity index (χ0n) is 12.9. The second kappa shape index (κ2) is 7.27. The van der Waals surface area contributed by atoms with Crippen LogP contribution in [-0.2, 0) is 19.1 Å². The molecule has 0 fully saturated rings. The van der Waals surface area contributed by atoms with E-state index in [0.29, 0.717) is 0 Å². The van der Waals surface area contributed by atoms with Crippen molar-refractivity contribution >= 4 is 11.9 Å². The Labute approximate surface area is 120 Å². The van der Waals surface area contributed by atoms with E-state index in [1.165, 1.54) is 14.2 Å². The number of rotatable bonds is 4. The van der Waals surface area contributed by atoms with Crippen LogP contribution in [0.4, 0.5) is 0 Å². The highest BCUT2D eigenvalue weighted by molar-refractivity contribution is 5.86. The lowest BCUT2D eigenvalue weighted by Crippen LogP contribution is -2.39. The lowest BCUT2D eigenvalue weighted by molar-refractivity contribution is -0.157. The smallest absolute Gasteiger partial charge is 0.314 e. The summed E-state index contributed by atoms with van der Waals surface area (Å²) >= 11 is 0. The highest BCUT2D eigenvalue weighted by atomic mass is 16.5. The van der Waals surface area contributed by atoms with Crippen LogP contribution in [0, 0.1) is 17.8 Å². The van der Waals surface area contributed by atoms with Crippen LogP contribution in [0.5, 0.6) is 0 Å². The fourth-order valence-corrected chi connectivity index (χ4v) is 2.83. The molecule has 0 heterocycles. The molecule has 0 radical (unpaired) electrons. The van der Waals surface area contributed by atoms with Gasteiger partial charge in [-0.2, -0.15) is 0 Å². The fourth-order valence-electron chi connectivity index (χ4n) is 2.83. The molecular formula is C16H24O4. The van der Waals surface area contributed by atoms with Crippen molar-refractivity contribution in [3.8, 4) is 0 Å². The van der Waals surface area contributed by atoms with E-state index in [9.17, 15) is 9.59 Å². The van der Waals surface area contributed by atoms with E-state index in [0.717, 1.165) is 24.0 Å². The van der Waals surface area contributed by atoms with Gasteiger partial charge in [-0.25, -0.2) is 0 Å². The number of allylic oxidation sites excluding steroid dienone is 3. The Balaban J connectivity index is 3.32. The first-order chi connectivity index (χ1) is 9.47. The molecule has 0 saturated carbocycles. The van der Waals surface area contributed by atoms with Crippen LogP contribution < -0.4 is 0 Å². The third-order valence-corrected chi connectivity index (χ3v) is 3.81. The molecule has 0 unspecified atom stereocenters. The summed E-state index contributed by atoms with van der Waals surface area (Å²) in [6.45, 7) is 5.93. The molecule has 0 amide bonds. The average molecular weight is 280 g/mol. The van der Waals surface area contributed by atoms with Gasteiger partial charge in [-0.15, -0.1) is 0 Å². The van der Waals surface area contributed by atoms with Gasteiger partial charge >= 0.3 is 11.9 Å². The highest BCUT2D eigenvalue weighted by Crippen LogP contribution is 2.39. The van der Waals surface area contributed by atoms with Crippen molar-refractivity contribution < 1.29 is 19.1 Å². The maximum absolute atomic E-state index is 12.2. The zero-order valence-corrected chi connectivity index (χ0v) is 12.9. The largest absolute Gasteiger partial charge is 0.469 e. The molecule has 0 spiro atoms. The second-order valence-corrected chi connectivity index (χ2v) is 5.32. The number of hydrogen-bond acceptors (Lipinski definition) is 4. The molecule has 3 atom stereocenters. The summed E-state index contributed by atoms with van der Waals surface area (Å²) < 4.78 is 9.82. The number of carbonyl (C=O) groups excluding carboxylic acids is 2. The Morgan fingerprint density at radius 3 is 2.20 bits per heavy atom. The van der Waals surface area contributed by atoms with Crippen LogP contribution in [0.25, 0.3) is 0 Å². The minimum atomic E-state index is -0.570. The molecule has 20 heavy (non-hydrogen) atoms. The van der Waals surface area contributed by atoms with Crippen LogP contribution in [0.1, 0.15) is 33.6 Å². The maximum atomic E-state index is 12.2. The molecule has 0 aromatic heterocycles. The molecule has 4 nitrogen and oxygen atoms in total. The average Bonchev–Trinajstić information content (AvgIpc) is 2.45. The number of hydrogen-bond donors (Lipinski definition) is 0. The molecule has 0 bridgehead atoms. The van der Waals surface area contributed by atoms with Gasteiger partial charge in [0.15, 0.2) is 0 Å². The first kappa shape index (κ1) is 16.5. The standard InChI is InChI=1S/C16H24O4/c1-6-7-11-8-9-12(10(2)3)14(16(18)20-5)13(11)15(17)19-4/h8-9,11,13-14H,6-7H2,1-5H3/t11-,13-,14+/m1/s1. The summed E-state index contributed by atoms with van der Waals surface area (Å²) in [5.41, 5.74) is 1.88. The topological polar surface area (TPSA) is 52.6 Å². The predicted octanol–water partition coefficient (Wildman–Crippen LogP) is 2.89.